The number of aromatic hydroxyl groups is 1. The summed E-state index contributed by atoms with van der Waals surface area (Å²) in [6.45, 7) is 0. The normalized spacial score (nSPS) is 12.2. The monoisotopic (exact) mass is 276 g/mol. The van der Waals surface area contributed by atoms with Crippen LogP contribution in [-0.2, 0) is 6.42 Å². The highest BCUT2D eigenvalue weighted by atomic mass is 19.4. The van der Waals surface area contributed by atoms with Crippen molar-refractivity contribution in [2.24, 2.45) is 0 Å². The van der Waals surface area contributed by atoms with Crippen molar-refractivity contribution in [2.45, 2.75) is 12.6 Å². The number of alkyl halides is 3. The van der Waals surface area contributed by atoms with Gasteiger partial charge in [-0.1, -0.05) is 48.5 Å². The van der Waals surface area contributed by atoms with E-state index in [0.29, 0.717) is 10.8 Å². The van der Waals surface area contributed by atoms with Crippen LogP contribution in [0.5, 0.6) is 5.75 Å². The van der Waals surface area contributed by atoms with Crippen molar-refractivity contribution < 1.29 is 18.3 Å². The van der Waals surface area contributed by atoms with Crippen LogP contribution in [0.15, 0.2) is 48.5 Å². The lowest BCUT2D eigenvalue weighted by molar-refractivity contribution is -0.127. The van der Waals surface area contributed by atoms with E-state index in [-0.39, 0.29) is 11.3 Å². The zero-order chi connectivity index (χ0) is 14.3. The molecule has 0 fully saturated rings. The molecule has 0 aliphatic rings. The molecule has 0 bridgehead atoms. The highest BCUT2D eigenvalue weighted by Gasteiger charge is 2.30. The smallest absolute Gasteiger partial charge is 0.393 e. The van der Waals surface area contributed by atoms with Crippen LogP contribution in [0.4, 0.5) is 13.2 Å². The lowest BCUT2D eigenvalue weighted by atomic mass is 9.94. The number of rotatable bonds is 1. The number of phenols is 1. The van der Waals surface area contributed by atoms with Crippen LogP contribution in [0, 0.1) is 0 Å². The van der Waals surface area contributed by atoms with Crippen LogP contribution < -0.4 is 0 Å². The zero-order valence-corrected chi connectivity index (χ0v) is 10.4. The summed E-state index contributed by atoms with van der Waals surface area (Å²) in [6, 6.07) is 13.8. The maximum absolute atomic E-state index is 12.7. The molecule has 0 saturated heterocycles. The van der Waals surface area contributed by atoms with Gasteiger partial charge in [0.25, 0.3) is 0 Å². The molecule has 0 unspecified atom stereocenters. The minimum atomic E-state index is -4.36. The first kappa shape index (κ1) is 12.8. The van der Waals surface area contributed by atoms with Gasteiger partial charge in [-0.15, -0.1) is 0 Å². The molecule has 3 aromatic carbocycles. The molecule has 0 atom stereocenters. The molecule has 0 saturated carbocycles. The van der Waals surface area contributed by atoms with Gasteiger partial charge in [-0.05, 0) is 16.2 Å². The fraction of sp³-hybridized carbons (Fsp3) is 0.125. The van der Waals surface area contributed by atoms with Gasteiger partial charge in [0, 0.05) is 10.9 Å². The summed E-state index contributed by atoms with van der Waals surface area (Å²) in [7, 11) is 0. The second kappa shape index (κ2) is 4.40. The van der Waals surface area contributed by atoms with Gasteiger partial charge in [0.15, 0.2) is 0 Å². The zero-order valence-electron chi connectivity index (χ0n) is 10.4. The first-order valence-corrected chi connectivity index (χ1v) is 6.15. The van der Waals surface area contributed by atoms with Gasteiger partial charge in [-0.2, -0.15) is 13.2 Å². The van der Waals surface area contributed by atoms with E-state index in [1.807, 2.05) is 0 Å². The van der Waals surface area contributed by atoms with Crippen molar-refractivity contribution in [3.63, 3.8) is 0 Å². The molecule has 1 N–H and O–H groups in total. The van der Waals surface area contributed by atoms with E-state index in [1.54, 1.807) is 48.5 Å². The highest BCUT2D eigenvalue weighted by molar-refractivity contribution is 6.12. The van der Waals surface area contributed by atoms with Gasteiger partial charge in [-0.25, -0.2) is 0 Å². The molecular formula is C16H11F3O. The van der Waals surface area contributed by atoms with E-state index >= 15 is 0 Å². The first-order chi connectivity index (χ1) is 9.47. The molecule has 3 rings (SSSR count). The summed E-state index contributed by atoms with van der Waals surface area (Å²) in [6.07, 6.45) is -5.49. The standard InChI is InChI=1S/C16H11F3O/c17-16(18,19)9-14-12-7-2-1-5-10(12)11-6-3-4-8-13(11)15(14)20/h1-8,20H,9H2. The second-order valence-corrected chi connectivity index (χ2v) is 4.71. The minimum Gasteiger partial charge on any atom is -0.507 e. The predicted octanol–water partition coefficient (Wildman–Crippen LogP) is 4.80. The Bertz CT molecular complexity index is 791. The van der Waals surface area contributed by atoms with Crippen molar-refractivity contribution >= 4 is 21.5 Å². The number of hydrogen-bond acceptors (Lipinski definition) is 1. The Kier molecular flexibility index (Phi) is 2.82. The topological polar surface area (TPSA) is 20.2 Å². The van der Waals surface area contributed by atoms with Crippen LogP contribution in [0.1, 0.15) is 5.56 Å². The molecule has 102 valence electrons. The lowest BCUT2D eigenvalue weighted by Crippen LogP contribution is -2.12. The van der Waals surface area contributed by atoms with Gasteiger partial charge in [0.2, 0.25) is 0 Å². The molecule has 4 heteroatoms. The average Bonchev–Trinajstić information content (AvgIpc) is 2.42. The molecule has 1 nitrogen and oxygen atoms in total. The lowest BCUT2D eigenvalue weighted by Gasteiger charge is -2.15. The van der Waals surface area contributed by atoms with Crippen LogP contribution in [-0.4, -0.2) is 11.3 Å². The molecule has 20 heavy (non-hydrogen) atoms. The molecule has 0 aliphatic heterocycles. The van der Waals surface area contributed by atoms with Crippen molar-refractivity contribution in [3.8, 4) is 5.75 Å². The molecule has 3 aromatic rings. The maximum Gasteiger partial charge on any atom is 0.393 e. The Labute approximate surface area is 113 Å². The van der Waals surface area contributed by atoms with Crippen molar-refractivity contribution in [1.29, 1.82) is 0 Å². The third-order valence-electron chi connectivity index (χ3n) is 3.39. The second-order valence-electron chi connectivity index (χ2n) is 4.71. The first-order valence-electron chi connectivity index (χ1n) is 6.15. The molecule has 0 amide bonds. The Morgan fingerprint density at radius 3 is 1.75 bits per heavy atom. The quantitative estimate of drug-likeness (QED) is 0.633. The van der Waals surface area contributed by atoms with Crippen molar-refractivity contribution in [3.05, 3.63) is 54.1 Å². The van der Waals surface area contributed by atoms with Gasteiger partial charge in [0.1, 0.15) is 5.75 Å². The number of phenolic OH excluding ortho intramolecular Hbond substituents is 1. The predicted molar refractivity (Wildman–Crippen MR) is 72.9 cm³/mol. The molecule has 0 spiro atoms. The third kappa shape index (κ3) is 2.07. The molecule has 0 aromatic heterocycles. The van der Waals surface area contributed by atoms with E-state index in [9.17, 15) is 18.3 Å². The highest BCUT2D eigenvalue weighted by Crippen LogP contribution is 2.39. The number of hydrogen-bond donors (Lipinski definition) is 1. The summed E-state index contributed by atoms with van der Waals surface area (Å²) in [5, 5.41) is 12.6. The average molecular weight is 276 g/mol. The van der Waals surface area contributed by atoms with Gasteiger partial charge >= 0.3 is 6.18 Å². The fourth-order valence-electron chi connectivity index (χ4n) is 2.58. The number of fused-ring (bicyclic) bond motifs is 3. The summed E-state index contributed by atoms with van der Waals surface area (Å²) in [5.41, 5.74) is -0.0631. The Morgan fingerprint density at radius 1 is 0.750 bits per heavy atom. The van der Waals surface area contributed by atoms with E-state index in [0.717, 1.165) is 10.8 Å². The summed E-state index contributed by atoms with van der Waals surface area (Å²) < 4.78 is 38.2. The Balaban J connectivity index is 2.44. The SMILES string of the molecule is Oc1c(CC(F)(F)F)c2ccccc2c2ccccc12. The molecule has 0 aliphatic carbocycles. The van der Waals surface area contributed by atoms with Crippen molar-refractivity contribution in [1.82, 2.24) is 0 Å². The summed E-state index contributed by atoms with van der Waals surface area (Å²) in [5.74, 6) is -0.281. The maximum atomic E-state index is 12.7. The largest absolute Gasteiger partial charge is 0.507 e. The van der Waals surface area contributed by atoms with Gasteiger partial charge in [0.05, 0.1) is 6.42 Å². The van der Waals surface area contributed by atoms with Crippen LogP contribution >= 0.6 is 0 Å². The third-order valence-corrected chi connectivity index (χ3v) is 3.39. The van der Waals surface area contributed by atoms with Crippen molar-refractivity contribution in [2.75, 3.05) is 0 Å². The fourth-order valence-corrected chi connectivity index (χ4v) is 2.58. The van der Waals surface area contributed by atoms with E-state index in [1.165, 1.54) is 0 Å². The van der Waals surface area contributed by atoms with E-state index in [2.05, 4.69) is 0 Å². The molecule has 0 radical (unpaired) electrons. The Hall–Kier alpha value is -2.23. The molecular weight excluding hydrogens is 265 g/mol. The number of halogens is 3. The van der Waals surface area contributed by atoms with Crippen LogP contribution in [0.2, 0.25) is 0 Å². The van der Waals surface area contributed by atoms with Gasteiger partial charge in [-0.3, -0.25) is 0 Å². The summed E-state index contributed by atoms with van der Waals surface area (Å²) in [4.78, 5) is 0. The van der Waals surface area contributed by atoms with Crippen LogP contribution in [0.3, 0.4) is 0 Å². The summed E-state index contributed by atoms with van der Waals surface area (Å²) >= 11 is 0. The minimum absolute atomic E-state index is 0.0631. The van der Waals surface area contributed by atoms with Gasteiger partial charge < -0.3 is 5.11 Å². The van der Waals surface area contributed by atoms with Crippen LogP contribution in [0.25, 0.3) is 21.5 Å². The number of benzene rings is 3. The molecule has 0 heterocycles. The Morgan fingerprint density at radius 2 is 1.20 bits per heavy atom. The van der Waals surface area contributed by atoms with E-state index in [4.69, 9.17) is 0 Å². The van der Waals surface area contributed by atoms with E-state index < -0.39 is 12.6 Å².